The van der Waals surface area contributed by atoms with Crippen molar-refractivity contribution in [3.05, 3.63) is 29.8 Å². The van der Waals surface area contributed by atoms with Crippen molar-refractivity contribution < 1.29 is 18.8 Å². The van der Waals surface area contributed by atoms with E-state index < -0.39 is 0 Å². The van der Waals surface area contributed by atoms with Gasteiger partial charge in [0.05, 0.1) is 47.8 Å². The molecular formula is C15H24NO3+. The molecule has 0 fully saturated rings. The van der Waals surface area contributed by atoms with Crippen LogP contribution in [-0.2, 0) is 16.0 Å². The summed E-state index contributed by atoms with van der Waals surface area (Å²) < 4.78 is 11.3. The minimum atomic E-state index is -0.234. The van der Waals surface area contributed by atoms with E-state index in [-0.39, 0.29) is 12.4 Å². The highest BCUT2D eigenvalue weighted by atomic mass is 16.5. The quantitative estimate of drug-likeness (QED) is 0.429. The van der Waals surface area contributed by atoms with Gasteiger partial charge in [-0.3, -0.25) is 4.79 Å². The topological polar surface area (TPSA) is 35.5 Å². The molecule has 19 heavy (non-hydrogen) atoms. The minimum Gasteiger partial charge on any atom is -0.493 e. The first-order valence-electron chi connectivity index (χ1n) is 6.50. The molecule has 0 unspecified atom stereocenters. The average molecular weight is 266 g/mol. The summed E-state index contributed by atoms with van der Waals surface area (Å²) in [6.45, 7) is 1.76. The van der Waals surface area contributed by atoms with Crippen molar-refractivity contribution in [2.75, 3.05) is 41.4 Å². The number of hydrogen-bond donors (Lipinski definition) is 0. The van der Waals surface area contributed by atoms with E-state index in [1.165, 1.54) is 7.11 Å². The lowest BCUT2D eigenvalue weighted by atomic mass is 10.1. The Hall–Kier alpha value is -1.55. The van der Waals surface area contributed by atoms with Gasteiger partial charge in [0.15, 0.2) is 0 Å². The van der Waals surface area contributed by atoms with Gasteiger partial charge >= 0.3 is 5.97 Å². The second kappa shape index (κ2) is 7.14. The molecule has 0 bridgehead atoms. The molecular weight excluding hydrogens is 242 g/mol. The molecule has 4 heteroatoms. The highest BCUT2D eigenvalue weighted by molar-refractivity contribution is 5.72. The smallest absolute Gasteiger partial charge is 0.309 e. The standard InChI is InChI=1S/C15H24NO3/c1-16(2,3)9-6-10-19-14-8-5-7-13(11-14)12-15(17)18-4/h5,7-8,11H,6,9-10,12H2,1-4H3/q+1. The Morgan fingerprint density at radius 1 is 1.26 bits per heavy atom. The van der Waals surface area contributed by atoms with Crippen LogP contribution in [0.5, 0.6) is 5.75 Å². The summed E-state index contributed by atoms with van der Waals surface area (Å²) in [5.74, 6) is 0.574. The molecule has 0 saturated heterocycles. The van der Waals surface area contributed by atoms with Gasteiger partial charge in [-0.2, -0.15) is 0 Å². The molecule has 0 aliphatic rings. The third-order valence-electron chi connectivity index (χ3n) is 2.72. The number of esters is 1. The van der Waals surface area contributed by atoms with E-state index in [1.54, 1.807) is 0 Å². The lowest BCUT2D eigenvalue weighted by Crippen LogP contribution is -2.35. The molecule has 1 aromatic rings. The molecule has 0 aliphatic heterocycles. The number of benzene rings is 1. The van der Waals surface area contributed by atoms with Gasteiger partial charge in [0.2, 0.25) is 0 Å². The Balaban J connectivity index is 2.42. The van der Waals surface area contributed by atoms with Crippen molar-refractivity contribution >= 4 is 5.97 Å². The monoisotopic (exact) mass is 266 g/mol. The summed E-state index contributed by atoms with van der Waals surface area (Å²) in [5, 5.41) is 0. The maximum absolute atomic E-state index is 11.2. The van der Waals surface area contributed by atoms with Gasteiger partial charge in [-0.05, 0) is 17.7 Å². The summed E-state index contributed by atoms with van der Waals surface area (Å²) >= 11 is 0. The van der Waals surface area contributed by atoms with E-state index in [4.69, 9.17) is 4.74 Å². The molecule has 0 aliphatic carbocycles. The van der Waals surface area contributed by atoms with Crippen LogP contribution < -0.4 is 4.74 Å². The molecule has 0 N–H and O–H groups in total. The Morgan fingerprint density at radius 2 is 2.00 bits per heavy atom. The van der Waals surface area contributed by atoms with Crippen LogP contribution in [-0.4, -0.2) is 51.9 Å². The number of nitrogens with zero attached hydrogens (tertiary/aromatic N) is 1. The van der Waals surface area contributed by atoms with Crippen molar-refractivity contribution in [1.82, 2.24) is 0 Å². The van der Waals surface area contributed by atoms with Crippen molar-refractivity contribution in [1.29, 1.82) is 0 Å². The first-order valence-corrected chi connectivity index (χ1v) is 6.50. The fourth-order valence-corrected chi connectivity index (χ4v) is 1.71. The Labute approximate surface area is 115 Å². The van der Waals surface area contributed by atoms with Crippen LogP contribution in [0.4, 0.5) is 0 Å². The van der Waals surface area contributed by atoms with E-state index in [1.807, 2.05) is 24.3 Å². The van der Waals surface area contributed by atoms with Crippen molar-refractivity contribution in [3.63, 3.8) is 0 Å². The summed E-state index contributed by atoms with van der Waals surface area (Å²) in [4.78, 5) is 11.2. The number of carbonyl (C=O) groups is 1. The van der Waals surface area contributed by atoms with Gasteiger partial charge in [0, 0.05) is 6.42 Å². The van der Waals surface area contributed by atoms with Crippen LogP contribution in [0.15, 0.2) is 24.3 Å². The Morgan fingerprint density at radius 3 is 2.63 bits per heavy atom. The Bertz CT molecular complexity index is 410. The van der Waals surface area contributed by atoms with E-state index in [0.29, 0.717) is 6.61 Å². The first kappa shape index (κ1) is 15.5. The molecule has 106 valence electrons. The third kappa shape index (κ3) is 6.82. The first-order chi connectivity index (χ1) is 8.90. The lowest BCUT2D eigenvalue weighted by molar-refractivity contribution is -0.870. The predicted octanol–water partition coefficient (Wildman–Crippen LogP) is 1.88. The summed E-state index contributed by atoms with van der Waals surface area (Å²) in [5.41, 5.74) is 0.913. The van der Waals surface area contributed by atoms with E-state index >= 15 is 0 Å². The van der Waals surface area contributed by atoms with Gasteiger partial charge in [0.25, 0.3) is 0 Å². The molecule has 0 saturated carbocycles. The largest absolute Gasteiger partial charge is 0.493 e. The maximum Gasteiger partial charge on any atom is 0.309 e. The second-order valence-corrected chi connectivity index (χ2v) is 5.62. The van der Waals surface area contributed by atoms with Crippen LogP contribution in [0.25, 0.3) is 0 Å². The van der Waals surface area contributed by atoms with Crippen LogP contribution in [0.1, 0.15) is 12.0 Å². The van der Waals surface area contributed by atoms with Crippen molar-refractivity contribution in [2.24, 2.45) is 0 Å². The number of methoxy groups -OCH3 is 1. The van der Waals surface area contributed by atoms with Gasteiger partial charge in [0.1, 0.15) is 5.75 Å². The van der Waals surface area contributed by atoms with Crippen LogP contribution >= 0.6 is 0 Å². The lowest BCUT2D eigenvalue weighted by Gasteiger charge is -2.23. The molecule has 0 amide bonds. The van der Waals surface area contributed by atoms with Crippen LogP contribution in [0.3, 0.4) is 0 Å². The number of ether oxygens (including phenoxy) is 2. The summed E-state index contributed by atoms with van der Waals surface area (Å²) in [6.07, 6.45) is 1.29. The SMILES string of the molecule is COC(=O)Cc1cccc(OCCC[N+](C)(C)C)c1. The molecule has 0 radical (unpaired) electrons. The zero-order valence-corrected chi connectivity index (χ0v) is 12.3. The van der Waals surface area contributed by atoms with Gasteiger partial charge in [-0.15, -0.1) is 0 Å². The van der Waals surface area contributed by atoms with Crippen LogP contribution in [0, 0.1) is 0 Å². The van der Waals surface area contributed by atoms with Crippen molar-refractivity contribution in [2.45, 2.75) is 12.8 Å². The molecule has 0 heterocycles. The number of carbonyl (C=O) groups excluding carboxylic acids is 1. The molecule has 0 aromatic heterocycles. The highest BCUT2D eigenvalue weighted by Crippen LogP contribution is 2.14. The maximum atomic E-state index is 11.2. The number of hydrogen-bond acceptors (Lipinski definition) is 3. The van der Waals surface area contributed by atoms with Gasteiger partial charge in [-0.1, -0.05) is 12.1 Å². The second-order valence-electron chi connectivity index (χ2n) is 5.62. The molecule has 4 nitrogen and oxygen atoms in total. The van der Waals surface area contributed by atoms with Crippen molar-refractivity contribution in [3.8, 4) is 5.75 Å². The third-order valence-corrected chi connectivity index (χ3v) is 2.72. The van der Waals surface area contributed by atoms with E-state index in [0.717, 1.165) is 28.8 Å². The van der Waals surface area contributed by atoms with E-state index in [9.17, 15) is 4.79 Å². The predicted molar refractivity (Wildman–Crippen MR) is 75.2 cm³/mol. The fraction of sp³-hybridized carbons (Fsp3) is 0.533. The molecule has 1 aromatic carbocycles. The van der Waals surface area contributed by atoms with E-state index in [2.05, 4.69) is 25.9 Å². The molecule has 0 atom stereocenters. The van der Waals surface area contributed by atoms with Gasteiger partial charge in [-0.25, -0.2) is 0 Å². The summed E-state index contributed by atoms with van der Waals surface area (Å²) in [6, 6.07) is 7.60. The molecule has 0 spiro atoms. The summed E-state index contributed by atoms with van der Waals surface area (Å²) in [7, 11) is 7.89. The zero-order valence-electron chi connectivity index (χ0n) is 12.3. The number of rotatable bonds is 7. The molecule has 1 rings (SSSR count). The minimum absolute atomic E-state index is 0.234. The highest BCUT2D eigenvalue weighted by Gasteiger charge is 2.07. The zero-order chi connectivity index (χ0) is 14.3. The fourth-order valence-electron chi connectivity index (χ4n) is 1.71. The average Bonchev–Trinajstić information content (AvgIpc) is 2.34. The normalized spacial score (nSPS) is 11.2. The number of quaternary nitrogens is 1. The Kier molecular flexibility index (Phi) is 5.83. The van der Waals surface area contributed by atoms with Crippen LogP contribution in [0.2, 0.25) is 0 Å². The van der Waals surface area contributed by atoms with Gasteiger partial charge < -0.3 is 14.0 Å².